The Bertz CT molecular complexity index is 655. The molecule has 0 saturated carbocycles. The molecule has 0 saturated heterocycles. The van der Waals surface area contributed by atoms with E-state index in [4.69, 9.17) is 14.9 Å². The Morgan fingerprint density at radius 3 is 2.78 bits per heavy atom. The first-order chi connectivity index (χ1) is 11.0. The van der Waals surface area contributed by atoms with E-state index in [2.05, 4.69) is 5.32 Å². The van der Waals surface area contributed by atoms with Gasteiger partial charge in [-0.2, -0.15) is 0 Å². The summed E-state index contributed by atoms with van der Waals surface area (Å²) in [5.74, 6) is 0.271. The molecule has 0 spiro atoms. The van der Waals surface area contributed by atoms with Gasteiger partial charge in [-0.15, -0.1) is 0 Å². The molecule has 23 heavy (non-hydrogen) atoms. The fourth-order valence-electron chi connectivity index (χ4n) is 1.96. The summed E-state index contributed by atoms with van der Waals surface area (Å²) < 4.78 is 10.7. The Hall–Kier alpha value is -2.80. The summed E-state index contributed by atoms with van der Waals surface area (Å²) in [4.78, 5) is 22.3. The number of hydrogen-bond acceptors (Lipinski definition) is 5. The van der Waals surface area contributed by atoms with Crippen LogP contribution in [0, 0.1) is 0 Å². The lowest BCUT2D eigenvalue weighted by Gasteiger charge is -2.14. The molecule has 2 aromatic rings. The third-order valence-corrected chi connectivity index (χ3v) is 3.04. The number of imide groups is 1. The maximum absolute atomic E-state index is 11.6. The van der Waals surface area contributed by atoms with Crippen LogP contribution in [0.2, 0.25) is 0 Å². The van der Waals surface area contributed by atoms with Crippen molar-refractivity contribution >= 4 is 17.6 Å². The smallest absolute Gasteiger partial charge is 0.318 e. The minimum atomic E-state index is -0.872. The average molecular weight is 317 g/mol. The molecular weight excluding hydrogens is 298 g/mol. The quantitative estimate of drug-likeness (QED) is 0.724. The molecule has 1 heterocycles. The van der Waals surface area contributed by atoms with Crippen molar-refractivity contribution in [3.8, 4) is 0 Å². The van der Waals surface area contributed by atoms with Crippen molar-refractivity contribution in [2.24, 2.45) is 5.73 Å². The van der Waals surface area contributed by atoms with Crippen LogP contribution < -0.4 is 16.4 Å². The van der Waals surface area contributed by atoms with Gasteiger partial charge < -0.3 is 20.2 Å². The van der Waals surface area contributed by atoms with Gasteiger partial charge in [0.1, 0.15) is 18.4 Å². The van der Waals surface area contributed by atoms with Crippen LogP contribution in [0.3, 0.4) is 0 Å². The molecule has 1 aromatic carbocycles. The van der Waals surface area contributed by atoms with E-state index in [9.17, 15) is 9.59 Å². The van der Waals surface area contributed by atoms with E-state index >= 15 is 0 Å². The van der Waals surface area contributed by atoms with Crippen molar-refractivity contribution in [1.29, 1.82) is 0 Å². The van der Waals surface area contributed by atoms with Crippen molar-refractivity contribution in [2.45, 2.75) is 26.2 Å². The van der Waals surface area contributed by atoms with E-state index < -0.39 is 18.0 Å². The zero-order valence-corrected chi connectivity index (χ0v) is 12.7. The highest BCUT2D eigenvalue weighted by Crippen LogP contribution is 2.14. The molecule has 1 aromatic heterocycles. The standard InChI is InChI=1S/C16H19N3O4/c1-11(15(20)19-16(17)21)18-13-5-2-4-12(8-13)9-22-10-14-6-3-7-23-14/h2-8,11,18H,9-10H2,1H3,(H3,17,19,20,21). The van der Waals surface area contributed by atoms with Crippen molar-refractivity contribution < 1.29 is 18.7 Å². The average Bonchev–Trinajstić information content (AvgIpc) is 3.00. The maximum atomic E-state index is 11.6. The summed E-state index contributed by atoms with van der Waals surface area (Å²) in [7, 11) is 0. The van der Waals surface area contributed by atoms with E-state index in [0.717, 1.165) is 17.0 Å². The maximum Gasteiger partial charge on any atom is 0.318 e. The van der Waals surface area contributed by atoms with Crippen LogP contribution in [-0.2, 0) is 22.7 Å². The zero-order valence-electron chi connectivity index (χ0n) is 12.7. The van der Waals surface area contributed by atoms with Gasteiger partial charge >= 0.3 is 6.03 Å². The number of urea groups is 1. The lowest BCUT2D eigenvalue weighted by atomic mass is 10.2. The predicted octanol–water partition coefficient (Wildman–Crippen LogP) is 1.99. The first-order valence-electron chi connectivity index (χ1n) is 7.10. The summed E-state index contributed by atoms with van der Waals surface area (Å²) in [6, 6.07) is 9.65. The van der Waals surface area contributed by atoms with E-state index in [1.165, 1.54) is 0 Å². The number of ether oxygens (including phenoxy) is 1. The second-order valence-electron chi connectivity index (χ2n) is 4.99. The fourth-order valence-corrected chi connectivity index (χ4v) is 1.96. The number of anilines is 1. The number of nitrogens with two attached hydrogens (primary N) is 1. The number of rotatable bonds is 7. The molecule has 7 nitrogen and oxygen atoms in total. The van der Waals surface area contributed by atoms with Gasteiger partial charge in [0.05, 0.1) is 12.9 Å². The zero-order chi connectivity index (χ0) is 16.7. The molecular formula is C16H19N3O4. The molecule has 7 heteroatoms. The van der Waals surface area contributed by atoms with Gasteiger partial charge in [-0.05, 0) is 36.8 Å². The number of benzene rings is 1. The van der Waals surface area contributed by atoms with Crippen molar-refractivity contribution in [3.63, 3.8) is 0 Å². The number of furan rings is 1. The van der Waals surface area contributed by atoms with E-state index in [-0.39, 0.29) is 0 Å². The van der Waals surface area contributed by atoms with E-state index in [0.29, 0.717) is 13.2 Å². The molecule has 1 unspecified atom stereocenters. The Kier molecular flexibility index (Phi) is 5.76. The van der Waals surface area contributed by atoms with Gasteiger partial charge in [0, 0.05) is 5.69 Å². The van der Waals surface area contributed by atoms with Gasteiger partial charge in [0.2, 0.25) is 5.91 Å². The number of nitrogens with one attached hydrogen (secondary N) is 2. The Balaban J connectivity index is 1.86. The van der Waals surface area contributed by atoms with Gasteiger partial charge in [0.15, 0.2) is 0 Å². The number of primary amides is 1. The van der Waals surface area contributed by atoms with E-state index in [1.807, 2.05) is 41.7 Å². The molecule has 0 aliphatic carbocycles. The van der Waals surface area contributed by atoms with Gasteiger partial charge in [-0.25, -0.2) is 4.79 Å². The SMILES string of the molecule is CC(Nc1cccc(COCc2ccco2)c1)C(=O)NC(N)=O. The van der Waals surface area contributed by atoms with Crippen LogP contribution >= 0.6 is 0 Å². The number of carbonyl (C=O) groups is 2. The highest BCUT2D eigenvalue weighted by Gasteiger charge is 2.14. The molecule has 3 amide bonds. The number of carbonyl (C=O) groups excluding carboxylic acids is 2. The van der Waals surface area contributed by atoms with Crippen LogP contribution in [0.5, 0.6) is 0 Å². The van der Waals surface area contributed by atoms with E-state index in [1.54, 1.807) is 13.2 Å². The van der Waals surface area contributed by atoms with Gasteiger partial charge in [-0.3, -0.25) is 10.1 Å². The van der Waals surface area contributed by atoms with Crippen LogP contribution in [0.25, 0.3) is 0 Å². The highest BCUT2D eigenvalue weighted by molar-refractivity contribution is 5.97. The summed E-state index contributed by atoms with van der Waals surface area (Å²) in [6.07, 6.45) is 1.60. The third kappa shape index (κ3) is 5.48. The topological polar surface area (TPSA) is 107 Å². The minimum Gasteiger partial charge on any atom is -0.467 e. The lowest BCUT2D eigenvalue weighted by molar-refractivity contribution is -0.120. The normalized spacial score (nSPS) is 11.7. The monoisotopic (exact) mass is 317 g/mol. The Morgan fingerprint density at radius 2 is 2.09 bits per heavy atom. The summed E-state index contributed by atoms with van der Waals surface area (Å²) in [5, 5.41) is 5.03. The van der Waals surface area contributed by atoms with Crippen LogP contribution in [0.15, 0.2) is 47.1 Å². The third-order valence-electron chi connectivity index (χ3n) is 3.04. The van der Waals surface area contributed by atoms with Crippen molar-refractivity contribution in [2.75, 3.05) is 5.32 Å². The molecule has 122 valence electrons. The first-order valence-corrected chi connectivity index (χ1v) is 7.10. The molecule has 2 rings (SSSR count). The minimum absolute atomic E-state index is 0.391. The molecule has 0 aliphatic rings. The molecule has 1 atom stereocenters. The van der Waals surface area contributed by atoms with Crippen molar-refractivity contribution in [1.82, 2.24) is 5.32 Å². The molecule has 0 radical (unpaired) electrons. The van der Waals surface area contributed by atoms with Gasteiger partial charge in [0.25, 0.3) is 0 Å². The fraction of sp³-hybridized carbons (Fsp3) is 0.250. The highest BCUT2D eigenvalue weighted by atomic mass is 16.5. The molecule has 0 bridgehead atoms. The van der Waals surface area contributed by atoms with Crippen molar-refractivity contribution in [3.05, 3.63) is 54.0 Å². The van der Waals surface area contributed by atoms with Gasteiger partial charge in [-0.1, -0.05) is 12.1 Å². The second-order valence-corrected chi connectivity index (χ2v) is 4.99. The molecule has 0 aliphatic heterocycles. The van der Waals surface area contributed by atoms with Crippen LogP contribution in [-0.4, -0.2) is 18.0 Å². The summed E-state index contributed by atoms with van der Waals surface area (Å²) >= 11 is 0. The predicted molar refractivity (Wildman–Crippen MR) is 84.5 cm³/mol. The molecule has 0 fully saturated rings. The Morgan fingerprint density at radius 1 is 1.26 bits per heavy atom. The molecule has 4 N–H and O–H groups in total. The van der Waals surface area contributed by atoms with Crippen LogP contribution in [0.4, 0.5) is 10.5 Å². The number of hydrogen-bond donors (Lipinski definition) is 3. The summed E-state index contributed by atoms with van der Waals surface area (Å²) in [6.45, 7) is 2.44. The Labute approximate surface area is 133 Å². The summed E-state index contributed by atoms with van der Waals surface area (Å²) in [5.41, 5.74) is 6.62. The second kappa shape index (κ2) is 8.00. The number of amides is 3. The first kappa shape index (κ1) is 16.6. The lowest BCUT2D eigenvalue weighted by Crippen LogP contribution is -2.43. The van der Waals surface area contributed by atoms with Crippen LogP contribution in [0.1, 0.15) is 18.2 Å². The largest absolute Gasteiger partial charge is 0.467 e.